The fourth-order valence-electron chi connectivity index (χ4n) is 1.77. The van der Waals surface area contributed by atoms with Gasteiger partial charge >= 0.3 is 0 Å². The van der Waals surface area contributed by atoms with E-state index in [0.29, 0.717) is 24.1 Å². The van der Waals surface area contributed by atoms with E-state index < -0.39 is 10.0 Å². The van der Waals surface area contributed by atoms with Gasteiger partial charge in [0.2, 0.25) is 10.0 Å². The van der Waals surface area contributed by atoms with Crippen molar-refractivity contribution >= 4 is 10.0 Å². The van der Waals surface area contributed by atoms with Crippen LogP contribution in [0.15, 0.2) is 17.0 Å². The van der Waals surface area contributed by atoms with Crippen LogP contribution in [0.4, 0.5) is 4.39 Å². The molecule has 0 bridgehead atoms. The zero-order chi connectivity index (χ0) is 16.3. The highest BCUT2D eigenvalue weighted by Gasteiger charge is 2.18. The van der Waals surface area contributed by atoms with Crippen molar-refractivity contribution in [3.8, 4) is 0 Å². The summed E-state index contributed by atoms with van der Waals surface area (Å²) in [6.45, 7) is 10.0. The second kappa shape index (κ2) is 6.85. The summed E-state index contributed by atoms with van der Waals surface area (Å²) < 4.78 is 41.0. The zero-order valence-electron chi connectivity index (χ0n) is 13.4. The molecule has 1 rings (SSSR count). The van der Waals surface area contributed by atoms with Gasteiger partial charge in [0.25, 0.3) is 0 Å². The number of aryl methyl sites for hydroxylation is 1. The van der Waals surface area contributed by atoms with Gasteiger partial charge in [0.1, 0.15) is 5.82 Å². The van der Waals surface area contributed by atoms with Crippen molar-refractivity contribution in [1.29, 1.82) is 0 Å². The fourth-order valence-corrected chi connectivity index (χ4v) is 3.04. The number of hydrogen-bond donors (Lipinski definition) is 2. The van der Waals surface area contributed by atoms with E-state index in [2.05, 4.69) is 10.0 Å². The minimum atomic E-state index is -3.58. The molecule has 0 atom stereocenters. The van der Waals surface area contributed by atoms with Crippen molar-refractivity contribution in [2.24, 2.45) is 0 Å². The molecule has 1 aromatic carbocycles. The lowest BCUT2D eigenvalue weighted by Gasteiger charge is -2.21. The fraction of sp³-hybridized carbons (Fsp3) is 0.600. The maximum atomic E-state index is 14.1. The van der Waals surface area contributed by atoms with Gasteiger partial charge in [-0.05, 0) is 51.8 Å². The number of benzene rings is 1. The van der Waals surface area contributed by atoms with Gasteiger partial charge in [0.15, 0.2) is 0 Å². The molecule has 21 heavy (non-hydrogen) atoms. The van der Waals surface area contributed by atoms with Gasteiger partial charge in [-0.1, -0.05) is 6.92 Å². The number of rotatable bonds is 6. The lowest BCUT2D eigenvalue weighted by Crippen LogP contribution is -2.35. The van der Waals surface area contributed by atoms with Crippen LogP contribution < -0.4 is 10.0 Å². The zero-order valence-corrected chi connectivity index (χ0v) is 14.2. The van der Waals surface area contributed by atoms with Gasteiger partial charge in [0.05, 0.1) is 4.90 Å². The van der Waals surface area contributed by atoms with Crippen LogP contribution in [0, 0.1) is 12.7 Å². The SMILES string of the molecule is CCCNS(=O)(=O)c1cc(C)c(F)c(CNC(C)(C)C)c1. The molecule has 0 aromatic heterocycles. The number of sulfonamides is 1. The third-order valence-electron chi connectivity index (χ3n) is 2.96. The summed E-state index contributed by atoms with van der Waals surface area (Å²) in [4.78, 5) is 0.112. The molecule has 0 aliphatic carbocycles. The molecule has 6 heteroatoms. The molecule has 120 valence electrons. The minimum absolute atomic E-state index is 0.112. The molecule has 0 radical (unpaired) electrons. The Balaban J connectivity index is 3.11. The monoisotopic (exact) mass is 316 g/mol. The first-order valence-corrected chi connectivity index (χ1v) is 8.59. The van der Waals surface area contributed by atoms with Crippen LogP contribution >= 0.6 is 0 Å². The predicted octanol–water partition coefficient (Wildman–Crippen LogP) is 2.71. The summed E-state index contributed by atoms with van der Waals surface area (Å²) in [7, 11) is -3.58. The summed E-state index contributed by atoms with van der Waals surface area (Å²) in [6.07, 6.45) is 0.706. The Kier molecular flexibility index (Phi) is 5.90. The summed E-state index contributed by atoms with van der Waals surface area (Å²) >= 11 is 0. The number of halogens is 1. The first kappa shape index (κ1) is 18.1. The highest BCUT2D eigenvalue weighted by molar-refractivity contribution is 7.89. The van der Waals surface area contributed by atoms with Gasteiger partial charge in [-0.3, -0.25) is 0 Å². The van der Waals surface area contributed by atoms with Crippen molar-refractivity contribution in [3.05, 3.63) is 29.1 Å². The summed E-state index contributed by atoms with van der Waals surface area (Å²) in [5.74, 6) is -0.360. The van der Waals surface area contributed by atoms with Crippen LogP contribution in [-0.2, 0) is 16.6 Å². The van der Waals surface area contributed by atoms with Gasteiger partial charge in [-0.25, -0.2) is 17.5 Å². The van der Waals surface area contributed by atoms with Crippen molar-refractivity contribution in [2.45, 2.75) is 58.0 Å². The van der Waals surface area contributed by atoms with E-state index in [-0.39, 0.29) is 22.8 Å². The van der Waals surface area contributed by atoms with Crippen molar-refractivity contribution in [3.63, 3.8) is 0 Å². The van der Waals surface area contributed by atoms with Crippen LogP contribution in [0.5, 0.6) is 0 Å². The molecule has 0 fully saturated rings. The van der Waals surface area contributed by atoms with Crippen LogP contribution in [0.2, 0.25) is 0 Å². The molecule has 0 aliphatic rings. The number of hydrogen-bond acceptors (Lipinski definition) is 3. The first-order chi connectivity index (χ1) is 9.57. The Morgan fingerprint density at radius 1 is 1.24 bits per heavy atom. The van der Waals surface area contributed by atoms with Crippen molar-refractivity contribution in [2.75, 3.05) is 6.54 Å². The smallest absolute Gasteiger partial charge is 0.240 e. The Labute approximate surface area is 127 Å². The molecule has 1 aromatic rings. The molecule has 0 spiro atoms. The second-order valence-electron chi connectivity index (χ2n) is 6.21. The molecular weight excluding hydrogens is 291 g/mol. The third-order valence-corrected chi connectivity index (χ3v) is 4.41. The predicted molar refractivity (Wildman–Crippen MR) is 83.2 cm³/mol. The Morgan fingerprint density at radius 2 is 1.86 bits per heavy atom. The van der Waals surface area contributed by atoms with E-state index in [1.54, 1.807) is 6.92 Å². The second-order valence-corrected chi connectivity index (χ2v) is 7.98. The Morgan fingerprint density at radius 3 is 2.38 bits per heavy atom. The van der Waals surface area contributed by atoms with Crippen LogP contribution in [0.3, 0.4) is 0 Å². The number of nitrogens with one attached hydrogen (secondary N) is 2. The molecular formula is C15H25FN2O2S. The maximum absolute atomic E-state index is 14.1. The lowest BCUT2D eigenvalue weighted by atomic mass is 10.1. The average molecular weight is 316 g/mol. The molecule has 0 unspecified atom stereocenters. The van der Waals surface area contributed by atoms with E-state index in [1.165, 1.54) is 12.1 Å². The van der Waals surface area contributed by atoms with Gasteiger partial charge < -0.3 is 5.32 Å². The van der Waals surface area contributed by atoms with Crippen molar-refractivity contribution < 1.29 is 12.8 Å². The molecule has 0 saturated carbocycles. The molecule has 2 N–H and O–H groups in total. The largest absolute Gasteiger partial charge is 0.308 e. The Hall–Kier alpha value is -0.980. The Bertz CT molecular complexity index is 592. The van der Waals surface area contributed by atoms with E-state index in [9.17, 15) is 12.8 Å². The van der Waals surface area contributed by atoms with Crippen LogP contribution in [-0.4, -0.2) is 20.5 Å². The minimum Gasteiger partial charge on any atom is -0.308 e. The molecule has 0 aliphatic heterocycles. The van der Waals surface area contributed by atoms with Gasteiger partial charge in [0, 0.05) is 24.2 Å². The normalized spacial score (nSPS) is 12.7. The third kappa shape index (κ3) is 5.37. The summed E-state index contributed by atoms with van der Waals surface area (Å²) in [5, 5.41) is 3.17. The molecule has 4 nitrogen and oxygen atoms in total. The van der Waals surface area contributed by atoms with E-state index in [0.717, 1.165) is 0 Å². The van der Waals surface area contributed by atoms with Gasteiger partial charge in [-0.15, -0.1) is 0 Å². The van der Waals surface area contributed by atoms with Crippen molar-refractivity contribution in [1.82, 2.24) is 10.0 Å². The topological polar surface area (TPSA) is 58.2 Å². The molecule has 0 saturated heterocycles. The first-order valence-electron chi connectivity index (χ1n) is 7.10. The molecule has 0 amide bonds. The van der Waals surface area contributed by atoms with Gasteiger partial charge in [-0.2, -0.15) is 0 Å². The molecule has 0 heterocycles. The van der Waals surface area contributed by atoms with Crippen LogP contribution in [0.1, 0.15) is 45.2 Å². The quantitative estimate of drug-likeness (QED) is 0.848. The van der Waals surface area contributed by atoms with E-state index >= 15 is 0 Å². The average Bonchev–Trinajstić information content (AvgIpc) is 2.36. The highest BCUT2D eigenvalue weighted by atomic mass is 32.2. The van der Waals surface area contributed by atoms with Crippen LogP contribution in [0.25, 0.3) is 0 Å². The van der Waals surface area contributed by atoms with E-state index in [4.69, 9.17) is 0 Å². The van der Waals surface area contributed by atoms with E-state index in [1.807, 2.05) is 27.7 Å². The summed E-state index contributed by atoms with van der Waals surface area (Å²) in [5.41, 5.74) is 0.525. The standard InChI is InChI=1S/C15H25FN2O2S/c1-6-7-18-21(19,20)13-8-11(2)14(16)12(9-13)10-17-15(3,4)5/h8-9,17-18H,6-7,10H2,1-5H3. The summed E-state index contributed by atoms with van der Waals surface area (Å²) in [6, 6.07) is 2.77. The lowest BCUT2D eigenvalue weighted by molar-refractivity contribution is 0.418. The maximum Gasteiger partial charge on any atom is 0.240 e. The highest BCUT2D eigenvalue weighted by Crippen LogP contribution is 2.20.